The number of phenols is 1. The molecule has 27 heavy (non-hydrogen) atoms. The predicted octanol–water partition coefficient (Wildman–Crippen LogP) is 2.59. The summed E-state index contributed by atoms with van der Waals surface area (Å²) in [6.07, 6.45) is 0. The van der Waals surface area contributed by atoms with Gasteiger partial charge in [0.25, 0.3) is 5.91 Å². The van der Waals surface area contributed by atoms with Crippen LogP contribution in [-0.2, 0) is 4.79 Å². The minimum absolute atomic E-state index is 0.0756. The van der Waals surface area contributed by atoms with Crippen LogP contribution in [0.15, 0.2) is 54.1 Å². The SMILES string of the molecule is CN(CCOc1ccccc1)C(=O)/C(C#N)=C(\O)c1ccc(O)c(C#N)c1. The fourth-order valence-corrected chi connectivity index (χ4v) is 2.23. The fourth-order valence-electron chi connectivity index (χ4n) is 2.23. The van der Waals surface area contributed by atoms with E-state index >= 15 is 0 Å². The molecule has 0 fully saturated rings. The normalized spacial score (nSPS) is 10.9. The zero-order valence-electron chi connectivity index (χ0n) is 14.6. The number of aromatic hydroxyl groups is 1. The largest absolute Gasteiger partial charge is 0.507 e. The van der Waals surface area contributed by atoms with Gasteiger partial charge >= 0.3 is 0 Å². The molecule has 0 aromatic heterocycles. The molecule has 0 aliphatic carbocycles. The van der Waals surface area contributed by atoms with Crippen molar-refractivity contribution in [3.63, 3.8) is 0 Å². The van der Waals surface area contributed by atoms with Crippen molar-refractivity contribution >= 4 is 11.7 Å². The van der Waals surface area contributed by atoms with Gasteiger partial charge in [0, 0.05) is 12.6 Å². The van der Waals surface area contributed by atoms with Crippen LogP contribution in [0.1, 0.15) is 11.1 Å². The molecule has 2 aromatic carbocycles. The maximum absolute atomic E-state index is 12.5. The van der Waals surface area contributed by atoms with Gasteiger partial charge in [-0.15, -0.1) is 0 Å². The Kier molecular flexibility index (Phi) is 6.40. The Labute approximate surface area is 156 Å². The number of likely N-dealkylation sites (N-methyl/N-ethyl adjacent to an activating group) is 1. The zero-order valence-corrected chi connectivity index (χ0v) is 14.6. The highest BCUT2D eigenvalue weighted by Crippen LogP contribution is 2.23. The van der Waals surface area contributed by atoms with Crippen LogP contribution in [0.3, 0.4) is 0 Å². The number of carbonyl (C=O) groups is 1. The Morgan fingerprint density at radius 2 is 1.89 bits per heavy atom. The minimum atomic E-state index is -0.682. The first-order chi connectivity index (χ1) is 13.0. The zero-order chi connectivity index (χ0) is 19.8. The molecule has 0 spiro atoms. The Morgan fingerprint density at radius 3 is 2.52 bits per heavy atom. The smallest absolute Gasteiger partial charge is 0.268 e. The van der Waals surface area contributed by atoms with Crippen LogP contribution < -0.4 is 4.74 Å². The average molecular weight is 363 g/mol. The number of phenolic OH excluding ortho intramolecular Hbond substituents is 1. The summed E-state index contributed by atoms with van der Waals surface area (Å²) in [5.41, 5.74) is -0.455. The molecule has 0 unspecified atom stereocenters. The number of amides is 1. The van der Waals surface area contributed by atoms with Crippen molar-refractivity contribution in [2.75, 3.05) is 20.2 Å². The quantitative estimate of drug-likeness (QED) is 0.463. The van der Waals surface area contributed by atoms with Gasteiger partial charge in [-0.05, 0) is 30.3 Å². The van der Waals surface area contributed by atoms with Crippen LogP contribution in [0.25, 0.3) is 5.76 Å². The van der Waals surface area contributed by atoms with Crippen molar-refractivity contribution in [2.45, 2.75) is 0 Å². The molecular formula is C20H17N3O4. The summed E-state index contributed by atoms with van der Waals surface area (Å²) in [7, 11) is 1.48. The van der Waals surface area contributed by atoms with Crippen LogP contribution in [0.2, 0.25) is 0 Å². The van der Waals surface area contributed by atoms with Crippen molar-refractivity contribution in [1.29, 1.82) is 10.5 Å². The minimum Gasteiger partial charge on any atom is -0.507 e. The summed E-state index contributed by atoms with van der Waals surface area (Å²) in [4.78, 5) is 13.7. The van der Waals surface area contributed by atoms with Crippen molar-refractivity contribution < 1.29 is 19.7 Å². The van der Waals surface area contributed by atoms with E-state index in [1.165, 1.54) is 30.1 Å². The van der Waals surface area contributed by atoms with E-state index in [-0.39, 0.29) is 30.0 Å². The molecule has 136 valence electrons. The number of nitriles is 2. The monoisotopic (exact) mass is 363 g/mol. The van der Waals surface area contributed by atoms with Crippen LogP contribution in [0.4, 0.5) is 0 Å². The molecule has 7 heteroatoms. The molecule has 0 atom stereocenters. The molecule has 2 rings (SSSR count). The van der Waals surface area contributed by atoms with E-state index < -0.39 is 17.2 Å². The molecule has 0 bridgehead atoms. The highest BCUT2D eigenvalue weighted by atomic mass is 16.5. The summed E-state index contributed by atoms with van der Waals surface area (Å²) in [5.74, 6) is -0.840. The van der Waals surface area contributed by atoms with Crippen molar-refractivity contribution in [1.82, 2.24) is 4.90 Å². The standard InChI is InChI=1S/C20H17N3O4/c1-23(9-10-27-16-5-3-2-4-6-16)20(26)17(13-22)19(25)14-7-8-18(24)15(11-14)12-21/h2-8,11,24-25H,9-10H2,1H3/b19-17-. The number of ether oxygens (including phenoxy) is 1. The number of carbonyl (C=O) groups excluding carboxylic acids is 1. The van der Waals surface area contributed by atoms with Crippen LogP contribution in [0, 0.1) is 22.7 Å². The third kappa shape index (κ3) is 4.77. The van der Waals surface area contributed by atoms with E-state index in [0.717, 1.165) is 0 Å². The summed E-state index contributed by atoms with van der Waals surface area (Å²) in [6, 6.07) is 16.3. The van der Waals surface area contributed by atoms with E-state index in [0.29, 0.717) is 5.75 Å². The Balaban J connectivity index is 2.12. The van der Waals surface area contributed by atoms with E-state index in [1.54, 1.807) is 24.3 Å². The van der Waals surface area contributed by atoms with Gasteiger partial charge < -0.3 is 19.8 Å². The van der Waals surface area contributed by atoms with E-state index in [4.69, 9.17) is 10.00 Å². The molecule has 7 nitrogen and oxygen atoms in total. The van der Waals surface area contributed by atoms with Gasteiger partial charge in [0.15, 0.2) is 5.57 Å². The first kappa shape index (κ1) is 19.4. The summed E-state index contributed by atoms with van der Waals surface area (Å²) < 4.78 is 5.51. The molecule has 0 saturated heterocycles. The van der Waals surface area contributed by atoms with E-state index in [9.17, 15) is 20.3 Å². The number of hydrogen-bond acceptors (Lipinski definition) is 6. The molecule has 0 heterocycles. The average Bonchev–Trinajstić information content (AvgIpc) is 2.69. The molecule has 2 aromatic rings. The summed E-state index contributed by atoms with van der Waals surface area (Å²) in [5, 5.41) is 38.1. The summed E-state index contributed by atoms with van der Waals surface area (Å²) >= 11 is 0. The molecule has 0 aliphatic heterocycles. The van der Waals surface area contributed by atoms with Crippen molar-refractivity contribution in [3.05, 3.63) is 65.2 Å². The molecule has 0 radical (unpaired) electrons. The van der Waals surface area contributed by atoms with E-state index in [2.05, 4.69) is 0 Å². The van der Waals surface area contributed by atoms with Gasteiger partial charge in [-0.2, -0.15) is 10.5 Å². The summed E-state index contributed by atoms with van der Waals surface area (Å²) in [6.45, 7) is 0.411. The number of para-hydroxylation sites is 1. The Hall–Kier alpha value is -3.97. The lowest BCUT2D eigenvalue weighted by atomic mass is 10.0. The number of benzene rings is 2. The lowest BCUT2D eigenvalue weighted by Gasteiger charge is -2.17. The lowest BCUT2D eigenvalue weighted by molar-refractivity contribution is -0.125. The van der Waals surface area contributed by atoms with Crippen molar-refractivity contribution in [2.24, 2.45) is 0 Å². The van der Waals surface area contributed by atoms with Gasteiger partial charge in [-0.1, -0.05) is 18.2 Å². The van der Waals surface area contributed by atoms with Gasteiger partial charge in [0.05, 0.1) is 12.1 Å². The molecule has 0 aliphatic rings. The second kappa shape index (κ2) is 8.93. The van der Waals surface area contributed by atoms with Gasteiger partial charge in [0.1, 0.15) is 36.0 Å². The number of aliphatic hydroxyl groups is 1. The molecular weight excluding hydrogens is 346 g/mol. The lowest BCUT2D eigenvalue weighted by Crippen LogP contribution is -2.32. The highest BCUT2D eigenvalue weighted by molar-refractivity contribution is 6.03. The maximum atomic E-state index is 12.5. The van der Waals surface area contributed by atoms with Gasteiger partial charge in [0.2, 0.25) is 0 Å². The Bertz CT molecular complexity index is 940. The molecule has 0 saturated carbocycles. The first-order valence-electron chi connectivity index (χ1n) is 7.98. The molecule has 1 amide bonds. The predicted molar refractivity (Wildman–Crippen MR) is 97.6 cm³/mol. The second-order valence-corrected chi connectivity index (χ2v) is 5.57. The topological polar surface area (TPSA) is 118 Å². The highest BCUT2D eigenvalue weighted by Gasteiger charge is 2.21. The van der Waals surface area contributed by atoms with Gasteiger partial charge in [-0.25, -0.2) is 0 Å². The third-order valence-corrected chi connectivity index (χ3v) is 3.74. The fraction of sp³-hybridized carbons (Fsp3) is 0.150. The number of aliphatic hydroxyl groups excluding tert-OH is 1. The maximum Gasteiger partial charge on any atom is 0.268 e. The van der Waals surface area contributed by atoms with Crippen LogP contribution in [0.5, 0.6) is 11.5 Å². The third-order valence-electron chi connectivity index (χ3n) is 3.74. The second-order valence-electron chi connectivity index (χ2n) is 5.57. The van der Waals surface area contributed by atoms with Crippen LogP contribution >= 0.6 is 0 Å². The first-order valence-corrected chi connectivity index (χ1v) is 7.98. The number of hydrogen-bond donors (Lipinski definition) is 2. The Morgan fingerprint density at radius 1 is 1.19 bits per heavy atom. The number of nitrogens with zero attached hydrogens (tertiary/aromatic N) is 3. The molecule has 2 N–H and O–H groups in total. The number of rotatable bonds is 6. The van der Waals surface area contributed by atoms with Crippen LogP contribution in [-0.4, -0.2) is 41.2 Å². The van der Waals surface area contributed by atoms with E-state index in [1.807, 2.05) is 18.2 Å². The van der Waals surface area contributed by atoms with Crippen molar-refractivity contribution in [3.8, 4) is 23.6 Å². The van der Waals surface area contributed by atoms with Gasteiger partial charge in [-0.3, -0.25) is 4.79 Å².